The van der Waals surface area contributed by atoms with Crippen molar-refractivity contribution in [2.75, 3.05) is 6.61 Å². The van der Waals surface area contributed by atoms with Crippen molar-refractivity contribution in [3.05, 3.63) is 29.3 Å². The second-order valence-electron chi connectivity index (χ2n) is 2.48. The topological polar surface area (TPSA) is 26.3 Å². The van der Waals surface area contributed by atoms with Gasteiger partial charge >= 0.3 is 0 Å². The zero-order chi connectivity index (χ0) is 8.72. The molecule has 0 saturated heterocycles. The van der Waals surface area contributed by atoms with Crippen LogP contribution in [0.1, 0.15) is 10.4 Å². The molecule has 4 heteroatoms. The number of ether oxygens (including phenoxy) is 1. The van der Waals surface area contributed by atoms with Gasteiger partial charge in [0, 0.05) is 6.07 Å². The van der Waals surface area contributed by atoms with E-state index in [-0.39, 0.29) is 23.7 Å². The summed E-state index contributed by atoms with van der Waals surface area (Å²) >= 11 is 0. The third kappa shape index (κ3) is 0.879. The molecule has 0 N–H and O–H groups in total. The first-order valence-corrected chi connectivity index (χ1v) is 3.33. The molecule has 0 aromatic heterocycles. The smallest absolute Gasteiger partial charge is 0.204 e. The Morgan fingerprint density at radius 1 is 1.33 bits per heavy atom. The maximum absolute atomic E-state index is 12.8. The van der Waals surface area contributed by atoms with E-state index in [9.17, 15) is 13.6 Å². The molecule has 0 amide bonds. The summed E-state index contributed by atoms with van der Waals surface area (Å²) in [5, 5.41) is 0. The van der Waals surface area contributed by atoms with Crippen molar-refractivity contribution in [1.82, 2.24) is 0 Å². The highest BCUT2D eigenvalue weighted by Gasteiger charge is 2.25. The predicted octanol–water partition coefficient (Wildman–Crippen LogP) is 1.54. The molecular weight excluding hydrogens is 166 g/mol. The maximum atomic E-state index is 12.8. The summed E-state index contributed by atoms with van der Waals surface area (Å²) < 4.78 is 30.1. The van der Waals surface area contributed by atoms with Gasteiger partial charge in [0.15, 0.2) is 18.2 Å². The number of benzene rings is 1. The molecule has 12 heavy (non-hydrogen) atoms. The van der Waals surface area contributed by atoms with Crippen molar-refractivity contribution in [2.45, 2.75) is 0 Å². The Kier molecular flexibility index (Phi) is 1.36. The van der Waals surface area contributed by atoms with Gasteiger partial charge in [-0.15, -0.1) is 0 Å². The molecular formula is C8H4F2O2. The maximum Gasteiger partial charge on any atom is 0.204 e. The molecule has 2 nitrogen and oxygen atoms in total. The molecule has 0 spiro atoms. The third-order valence-electron chi connectivity index (χ3n) is 1.66. The molecule has 0 bridgehead atoms. The van der Waals surface area contributed by atoms with Crippen LogP contribution in [0.2, 0.25) is 0 Å². The highest BCUT2D eigenvalue weighted by Crippen LogP contribution is 2.28. The van der Waals surface area contributed by atoms with E-state index < -0.39 is 11.6 Å². The van der Waals surface area contributed by atoms with Crippen LogP contribution in [0.5, 0.6) is 5.75 Å². The minimum Gasteiger partial charge on any atom is -0.482 e. The molecule has 0 aliphatic carbocycles. The second-order valence-corrected chi connectivity index (χ2v) is 2.48. The average Bonchev–Trinajstić information content (AvgIpc) is 2.33. The first-order chi connectivity index (χ1) is 5.68. The van der Waals surface area contributed by atoms with Crippen LogP contribution in [0, 0.1) is 11.6 Å². The quantitative estimate of drug-likeness (QED) is 0.590. The SMILES string of the molecule is O=C1COc2c(F)cc(F)cc21. The second kappa shape index (κ2) is 2.27. The van der Waals surface area contributed by atoms with Gasteiger partial charge in [-0.25, -0.2) is 8.78 Å². The predicted molar refractivity (Wildman–Crippen MR) is 36.2 cm³/mol. The van der Waals surface area contributed by atoms with E-state index in [1.807, 2.05) is 0 Å². The monoisotopic (exact) mass is 170 g/mol. The fourth-order valence-electron chi connectivity index (χ4n) is 1.13. The molecule has 0 fully saturated rings. The van der Waals surface area contributed by atoms with E-state index in [1.54, 1.807) is 0 Å². The molecule has 0 unspecified atom stereocenters. The van der Waals surface area contributed by atoms with Crippen molar-refractivity contribution in [3.8, 4) is 5.75 Å². The standard InChI is InChI=1S/C8H4F2O2/c9-4-1-5-7(11)3-12-8(5)6(10)2-4/h1-2H,3H2. The summed E-state index contributed by atoms with van der Waals surface area (Å²) in [6.45, 7) is -0.199. The van der Waals surface area contributed by atoms with E-state index in [0.29, 0.717) is 6.07 Å². The lowest BCUT2D eigenvalue weighted by atomic mass is 10.1. The molecule has 1 heterocycles. The van der Waals surface area contributed by atoms with E-state index in [1.165, 1.54) is 0 Å². The number of carbonyl (C=O) groups is 1. The zero-order valence-electron chi connectivity index (χ0n) is 5.93. The summed E-state index contributed by atoms with van der Waals surface area (Å²) in [7, 11) is 0. The lowest BCUT2D eigenvalue weighted by Gasteiger charge is -1.97. The Hall–Kier alpha value is -1.45. The summed E-state index contributed by atoms with van der Waals surface area (Å²) in [4.78, 5) is 10.9. The van der Waals surface area contributed by atoms with Crippen LogP contribution >= 0.6 is 0 Å². The summed E-state index contributed by atoms with van der Waals surface area (Å²) in [6, 6.07) is 1.67. The van der Waals surface area contributed by atoms with E-state index in [0.717, 1.165) is 6.07 Å². The lowest BCUT2D eigenvalue weighted by Crippen LogP contribution is -1.98. The molecule has 1 aliphatic rings. The molecule has 2 rings (SSSR count). The summed E-state index contributed by atoms with van der Waals surface area (Å²) in [5.74, 6) is -2.11. The number of rotatable bonds is 0. The molecule has 0 saturated carbocycles. The minimum absolute atomic E-state index is 0.00694. The number of fused-ring (bicyclic) bond motifs is 1. The van der Waals surface area contributed by atoms with Gasteiger partial charge in [0.25, 0.3) is 0 Å². The van der Waals surface area contributed by atoms with Crippen molar-refractivity contribution >= 4 is 5.78 Å². The normalized spacial score (nSPS) is 14.3. The van der Waals surface area contributed by atoms with Gasteiger partial charge in [-0.05, 0) is 6.07 Å². The fraction of sp³-hybridized carbons (Fsp3) is 0.125. The number of halogens is 2. The van der Waals surface area contributed by atoms with E-state index in [4.69, 9.17) is 4.74 Å². The Labute approximate surface area is 66.8 Å². The van der Waals surface area contributed by atoms with Crippen molar-refractivity contribution in [2.24, 2.45) is 0 Å². The first-order valence-electron chi connectivity index (χ1n) is 3.33. The van der Waals surface area contributed by atoms with Crippen molar-refractivity contribution in [3.63, 3.8) is 0 Å². The van der Waals surface area contributed by atoms with Crippen LogP contribution in [0.25, 0.3) is 0 Å². The Bertz CT molecular complexity index is 360. The van der Waals surface area contributed by atoms with Gasteiger partial charge in [-0.3, -0.25) is 4.79 Å². The summed E-state index contributed by atoms with van der Waals surface area (Å²) in [6.07, 6.45) is 0. The molecule has 1 aliphatic heterocycles. The van der Waals surface area contributed by atoms with Gasteiger partial charge in [0.05, 0.1) is 5.56 Å². The Morgan fingerprint density at radius 3 is 2.83 bits per heavy atom. The van der Waals surface area contributed by atoms with Crippen LogP contribution in [0.3, 0.4) is 0 Å². The Balaban J connectivity index is 2.68. The Morgan fingerprint density at radius 2 is 2.08 bits per heavy atom. The van der Waals surface area contributed by atoms with E-state index in [2.05, 4.69) is 0 Å². The molecule has 62 valence electrons. The number of hydrogen-bond acceptors (Lipinski definition) is 2. The van der Waals surface area contributed by atoms with Crippen LogP contribution in [0.4, 0.5) is 8.78 Å². The highest BCUT2D eigenvalue weighted by molar-refractivity contribution is 6.02. The van der Waals surface area contributed by atoms with Gasteiger partial charge in [0.1, 0.15) is 5.82 Å². The number of ketones is 1. The third-order valence-corrected chi connectivity index (χ3v) is 1.66. The first kappa shape index (κ1) is 7.21. The van der Waals surface area contributed by atoms with E-state index >= 15 is 0 Å². The van der Waals surface area contributed by atoms with Gasteiger partial charge in [0.2, 0.25) is 5.78 Å². The number of carbonyl (C=O) groups excluding carboxylic acids is 1. The van der Waals surface area contributed by atoms with Gasteiger partial charge < -0.3 is 4.74 Å². The fourth-order valence-corrected chi connectivity index (χ4v) is 1.13. The minimum atomic E-state index is -0.823. The van der Waals surface area contributed by atoms with Gasteiger partial charge in [-0.1, -0.05) is 0 Å². The van der Waals surface area contributed by atoms with Crippen LogP contribution in [-0.4, -0.2) is 12.4 Å². The molecule has 1 aromatic carbocycles. The zero-order valence-corrected chi connectivity index (χ0v) is 5.93. The number of Topliss-reactive ketones (excluding diaryl/α,β-unsaturated/α-hetero) is 1. The van der Waals surface area contributed by atoms with Gasteiger partial charge in [-0.2, -0.15) is 0 Å². The van der Waals surface area contributed by atoms with Crippen LogP contribution in [0.15, 0.2) is 12.1 Å². The highest BCUT2D eigenvalue weighted by atomic mass is 19.1. The largest absolute Gasteiger partial charge is 0.482 e. The van der Waals surface area contributed by atoms with Crippen molar-refractivity contribution < 1.29 is 18.3 Å². The average molecular weight is 170 g/mol. The number of hydrogen-bond donors (Lipinski definition) is 0. The van der Waals surface area contributed by atoms with Crippen molar-refractivity contribution in [1.29, 1.82) is 0 Å². The molecule has 1 aromatic rings. The summed E-state index contributed by atoms with van der Waals surface area (Å²) in [5.41, 5.74) is -0.00694. The van der Waals surface area contributed by atoms with Crippen LogP contribution in [-0.2, 0) is 0 Å². The molecule has 0 atom stereocenters. The lowest BCUT2D eigenvalue weighted by molar-refractivity contribution is 0.0960. The molecule has 0 radical (unpaired) electrons. The van der Waals surface area contributed by atoms with Crippen LogP contribution < -0.4 is 4.74 Å².